The maximum atomic E-state index is 12.0. The summed E-state index contributed by atoms with van der Waals surface area (Å²) in [4.78, 5) is 39.7. The number of pyridine rings is 1. The summed E-state index contributed by atoms with van der Waals surface area (Å²) in [5, 5.41) is 8.44. The topological polar surface area (TPSA) is 113 Å². The maximum absolute atomic E-state index is 12.0. The highest BCUT2D eigenvalue weighted by atomic mass is 16.3. The zero-order chi connectivity index (χ0) is 18.4. The molecule has 132 valence electrons. The molecule has 0 radical (unpaired) electrons. The number of benzene rings is 1. The van der Waals surface area contributed by atoms with E-state index in [1.807, 2.05) is 24.3 Å². The van der Waals surface area contributed by atoms with E-state index in [2.05, 4.69) is 20.9 Å². The summed E-state index contributed by atoms with van der Waals surface area (Å²) < 4.78 is 4.91. The van der Waals surface area contributed by atoms with Crippen molar-refractivity contribution in [3.63, 3.8) is 0 Å². The second kappa shape index (κ2) is 7.93. The number of aromatic nitrogens is 1. The fourth-order valence-electron chi connectivity index (χ4n) is 2.30. The molecule has 0 fully saturated rings. The molecular weight excluding hydrogens is 336 g/mol. The molecule has 8 heteroatoms. The van der Waals surface area contributed by atoms with Crippen molar-refractivity contribution in [2.75, 3.05) is 18.4 Å². The predicted molar refractivity (Wildman–Crippen MR) is 94.4 cm³/mol. The van der Waals surface area contributed by atoms with Gasteiger partial charge in [0.25, 0.3) is 5.91 Å². The van der Waals surface area contributed by atoms with Gasteiger partial charge in [-0.2, -0.15) is 0 Å². The Morgan fingerprint density at radius 1 is 0.923 bits per heavy atom. The van der Waals surface area contributed by atoms with Crippen molar-refractivity contribution in [3.05, 3.63) is 60.7 Å². The van der Waals surface area contributed by atoms with Crippen LogP contribution in [0.1, 0.15) is 10.6 Å². The first-order valence-corrected chi connectivity index (χ1v) is 7.85. The number of nitrogens with zero attached hydrogens (tertiary/aromatic N) is 1. The van der Waals surface area contributed by atoms with Crippen molar-refractivity contribution in [2.45, 2.75) is 0 Å². The first-order valence-electron chi connectivity index (χ1n) is 7.85. The van der Waals surface area contributed by atoms with Gasteiger partial charge >= 0.3 is 0 Å². The van der Waals surface area contributed by atoms with Gasteiger partial charge in [-0.1, -0.05) is 18.2 Å². The lowest BCUT2D eigenvalue weighted by Gasteiger charge is -2.09. The zero-order valence-corrected chi connectivity index (χ0v) is 13.7. The lowest BCUT2D eigenvalue weighted by atomic mass is 10.2. The van der Waals surface area contributed by atoms with Gasteiger partial charge in [0.1, 0.15) is 0 Å². The van der Waals surface area contributed by atoms with Gasteiger partial charge in [0.05, 0.1) is 30.6 Å². The summed E-state index contributed by atoms with van der Waals surface area (Å²) in [6.45, 7) is -0.485. The Hall–Kier alpha value is -3.68. The molecule has 0 aliphatic heterocycles. The van der Waals surface area contributed by atoms with E-state index in [1.54, 1.807) is 18.3 Å². The highest BCUT2D eigenvalue weighted by Crippen LogP contribution is 2.20. The first-order chi connectivity index (χ1) is 12.6. The van der Waals surface area contributed by atoms with Gasteiger partial charge in [-0.3, -0.25) is 19.4 Å². The van der Waals surface area contributed by atoms with Crippen LogP contribution in [0.15, 0.2) is 59.3 Å². The number of fused-ring (bicyclic) bond motifs is 1. The average Bonchev–Trinajstić information content (AvgIpc) is 3.19. The van der Waals surface area contributed by atoms with E-state index in [0.717, 1.165) is 5.39 Å². The van der Waals surface area contributed by atoms with Gasteiger partial charge in [0.2, 0.25) is 11.8 Å². The van der Waals surface area contributed by atoms with Gasteiger partial charge in [-0.25, -0.2) is 0 Å². The molecule has 2 heterocycles. The normalized spacial score (nSPS) is 10.3. The molecule has 0 bridgehead atoms. The summed E-state index contributed by atoms with van der Waals surface area (Å²) in [6, 6.07) is 12.2. The smallest absolute Gasteiger partial charge is 0.287 e. The molecule has 26 heavy (non-hydrogen) atoms. The van der Waals surface area contributed by atoms with Gasteiger partial charge in [0, 0.05) is 11.6 Å². The minimum absolute atomic E-state index is 0.110. The van der Waals surface area contributed by atoms with Crippen LogP contribution in [0.25, 0.3) is 10.9 Å². The Bertz CT molecular complexity index is 932. The van der Waals surface area contributed by atoms with Crippen molar-refractivity contribution in [2.24, 2.45) is 0 Å². The second-order valence-electron chi connectivity index (χ2n) is 5.37. The Morgan fingerprint density at radius 3 is 2.54 bits per heavy atom. The van der Waals surface area contributed by atoms with Gasteiger partial charge < -0.3 is 20.4 Å². The molecule has 8 nitrogen and oxygen atoms in total. The maximum Gasteiger partial charge on any atom is 0.287 e. The van der Waals surface area contributed by atoms with E-state index < -0.39 is 17.7 Å². The van der Waals surface area contributed by atoms with E-state index in [1.165, 1.54) is 12.3 Å². The third kappa shape index (κ3) is 4.23. The molecule has 3 N–H and O–H groups in total. The SMILES string of the molecule is O=C(CNC(=O)c1ccco1)NCC(=O)Nc1cccc2cccnc12. The first kappa shape index (κ1) is 17.2. The quantitative estimate of drug-likeness (QED) is 0.619. The minimum atomic E-state index is -0.503. The summed E-state index contributed by atoms with van der Waals surface area (Å²) in [5.74, 6) is -1.28. The average molecular weight is 352 g/mol. The van der Waals surface area contributed by atoms with Gasteiger partial charge in [-0.15, -0.1) is 0 Å². The fraction of sp³-hybridized carbons (Fsp3) is 0.111. The number of hydrogen-bond donors (Lipinski definition) is 3. The second-order valence-corrected chi connectivity index (χ2v) is 5.37. The summed E-state index contributed by atoms with van der Waals surface area (Å²) >= 11 is 0. The van der Waals surface area contributed by atoms with Crippen LogP contribution < -0.4 is 16.0 Å². The number of amides is 3. The summed E-state index contributed by atoms with van der Waals surface area (Å²) in [5.41, 5.74) is 1.23. The van der Waals surface area contributed by atoms with Gasteiger partial charge in [-0.05, 0) is 24.3 Å². The molecule has 0 saturated heterocycles. The molecule has 0 aliphatic rings. The zero-order valence-electron chi connectivity index (χ0n) is 13.7. The lowest BCUT2D eigenvalue weighted by Crippen LogP contribution is -2.40. The molecule has 2 aromatic heterocycles. The van der Waals surface area contributed by atoms with E-state index in [4.69, 9.17) is 4.42 Å². The largest absolute Gasteiger partial charge is 0.459 e. The van der Waals surface area contributed by atoms with Crippen LogP contribution in [0, 0.1) is 0 Å². The Labute approximate surface area is 148 Å². The van der Waals surface area contributed by atoms with Crippen LogP contribution in [0.2, 0.25) is 0 Å². The fourth-order valence-corrected chi connectivity index (χ4v) is 2.30. The number of hydrogen-bond acceptors (Lipinski definition) is 5. The number of para-hydroxylation sites is 1. The number of rotatable bonds is 6. The number of furan rings is 1. The van der Waals surface area contributed by atoms with Gasteiger partial charge in [0.15, 0.2) is 5.76 Å². The molecular formula is C18H16N4O4. The van der Waals surface area contributed by atoms with Crippen molar-refractivity contribution in [1.29, 1.82) is 0 Å². The molecule has 3 aromatic rings. The van der Waals surface area contributed by atoms with E-state index in [0.29, 0.717) is 11.2 Å². The van der Waals surface area contributed by atoms with Crippen molar-refractivity contribution in [3.8, 4) is 0 Å². The lowest BCUT2D eigenvalue weighted by molar-refractivity contribution is -0.123. The summed E-state index contributed by atoms with van der Waals surface area (Å²) in [6.07, 6.45) is 3.00. The molecule has 0 unspecified atom stereocenters. The predicted octanol–water partition coefficient (Wildman–Crippen LogP) is 1.31. The number of carbonyl (C=O) groups is 3. The molecule has 3 rings (SSSR count). The summed E-state index contributed by atoms with van der Waals surface area (Å²) in [7, 11) is 0. The Balaban J connectivity index is 1.47. The third-order valence-corrected chi connectivity index (χ3v) is 3.51. The van der Waals surface area contributed by atoms with E-state index in [9.17, 15) is 14.4 Å². The van der Waals surface area contributed by atoms with Crippen LogP contribution in [-0.4, -0.2) is 35.8 Å². The van der Waals surface area contributed by atoms with E-state index >= 15 is 0 Å². The molecule has 3 amide bonds. The third-order valence-electron chi connectivity index (χ3n) is 3.51. The molecule has 0 saturated carbocycles. The number of carbonyl (C=O) groups excluding carboxylic acids is 3. The molecule has 0 spiro atoms. The van der Waals surface area contributed by atoms with Crippen LogP contribution >= 0.6 is 0 Å². The van der Waals surface area contributed by atoms with Crippen LogP contribution in [-0.2, 0) is 9.59 Å². The van der Waals surface area contributed by atoms with Crippen molar-refractivity contribution in [1.82, 2.24) is 15.6 Å². The van der Waals surface area contributed by atoms with Crippen LogP contribution in [0.5, 0.6) is 0 Å². The number of anilines is 1. The Morgan fingerprint density at radius 2 is 1.73 bits per heavy atom. The highest BCUT2D eigenvalue weighted by Gasteiger charge is 2.11. The van der Waals surface area contributed by atoms with Crippen LogP contribution in [0.4, 0.5) is 5.69 Å². The minimum Gasteiger partial charge on any atom is -0.459 e. The van der Waals surface area contributed by atoms with Crippen molar-refractivity contribution < 1.29 is 18.8 Å². The molecule has 1 aromatic carbocycles. The molecule has 0 aliphatic carbocycles. The van der Waals surface area contributed by atoms with Crippen LogP contribution in [0.3, 0.4) is 0 Å². The monoisotopic (exact) mass is 352 g/mol. The highest BCUT2D eigenvalue weighted by molar-refractivity contribution is 6.02. The number of nitrogens with one attached hydrogen (secondary N) is 3. The van der Waals surface area contributed by atoms with Crippen molar-refractivity contribution >= 4 is 34.3 Å². The Kier molecular flexibility index (Phi) is 5.23. The standard InChI is InChI=1S/C18H16N4O4/c23-15(10-21-18(25)14-7-3-9-26-14)20-11-16(24)22-13-6-1-4-12-5-2-8-19-17(12)13/h1-9H,10-11H2,(H,20,23)(H,21,25)(H,22,24). The molecule has 0 atom stereocenters. The van der Waals surface area contributed by atoms with E-state index in [-0.39, 0.29) is 18.8 Å².